The van der Waals surface area contributed by atoms with Gasteiger partial charge in [-0.15, -0.1) is 0 Å². The van der Waals surface area contributed by atoms with Gasteiger partial charge in [0, 0.05) is 13.8 Å². The summed E-state index contributed by atoms with van der Waals surface area (Å²) in [7, 11) is 0. The molecular weight excluding hydrogens is 196 g/mol. The highest BCUT2D eigenvalue weighted by Crippen LogP contribution is 2.37. The van der Waals surface area contributed by atoms with Gasteiger partial charge in [-0.2, -0.15) is 0 Å². The van der Waals surface area contributed by atoms with Crippen molar-refractivity contribution in [3.05, 3.63) is 23.3 Å². The molecule has 1 heterocycles. The van der Waals surface area contributed by atoms with Crippen molar-refractivity contribution in [3.63, 3.8) is 0 Å². The molecule has 1 aromatic carbocycles. The molecule has 0 saturated heterocycles. The van der Waals surface area contributed by atoms with Crippen LogP contribution in [0.25, 0.3) is 0 Å². The van der Waals surface area contributed by atoms with Crippen LogP contribution >= 0.6 is 0 Å². The average molecular weight is 208 g/mol. The van der Waals surface area contributed by atoms with E-state index in [0.29, 0.717) is 5.75 Å². The number of carbonyl (C=O) groups excluding carboxylic acids is 1. The van der Waals surface area contributed by atoms with Gasteiger partial charge in [0.2, 0.25) is 5.79 Å². The van der Waals surface area contributed by atoms with Crippen molar-refractivity contribution in [2.75, 3.05) is 0 Å². The molecule has 0 saturated carbocycles. The number of phenols is 1. The Morgan fingerprint density at radius 2 is 1.93 bits per heavy atom. The van der Waals surface area contributed by atoms with Crippen molar-refractivity contribution in [2.45, 2.75) is 26.6 Å². The standard InChI is InChI=1S/C11H12O4/c1-6-4-7(12)9-8(5-6)14-11(2,3)15-10(9)13/h4-5,12H,1-3H3. The van der Waals surface area contributed by atoms with Crippen LogP contribution in [0.3, 0.4) is 0 Å². The van der Waals surface area contributed by atoms with E-state index in [1.54, 1.807) is 19.9 Å². The van der Waals surface area contributed by atoms with Crippen LogP contribution in [-0.2, 0) is 4.74 Å². The van der Waals surface area contributed by atoms with E-state index in [0.717, 1.165) is 5.56 Å². The minimum Gasteiger partial charge on any atom is -0.507 e. The summed E-state index contributed by atoms with van der Waals surface area (Å²) in [5.41, 5.74) is 0.927. The molecule has 0 radical (unpaired) electrons. The van der Waals surface area contributed by atoms with E-state index in [9.17, 15) is 9.90 Å². The first-order chi connectivity index (χ1) is 6.89. The first-order valence-corrected chi connectivity index (χ1v) is 4.65. The maximum Gasteiger partial charge on any atom is 0.349 e. The van der Waals surface area contributed by atoms with Gasteiger partial charge in [0.05, 0.1) is 0 Å². The van der Waals surface area contributed by atoms with Crippen molar-refractivity contribution >= 4 is 5.97 Å². The van der Waals surface area contributed by atoms with E-state index in [-0.39, 0.29) is 11.3 Å². The molecule has 0 unspecified atom stereocenters. The maximum atomic E-state index is 11.6. The summed E-state index contributed by atoms with van der Waals surface area (Å²) in [6.07, 6.45) is 0. The van der Waals surface area contributed by atoms with Crippen LogP contribution in [0.4, 0.5) is 0 Å². The van der Waals surface area contributed by atoms with Gasteiger partial charge in [-0.05, 0) is 24.6 Å². The van der Waals surface area contributed by atoms with E-state index in [1.807, 2.05) is 6.92 Å². The van der Waals surface area contributed by atoms with E-state index in [2.05, 4.69) is 0 Å². The molecule has 0 bridgehead atoms. The van der Waals surface area contributed by atoms with Crippen LogP contribution in [0.2, 0.25) is 0 Å². The first kappa shape index (κ1) is 9.83. The Kier molecular flexibility index (Phi) is 1.89. The number of rotatable bonds is 0. The van der Waals surface area contributed by atoms with Crippen LogP contribution < -0.4 is 4.74 Å². The third-order valence-electron chi connectivity index (χ3n) is 2.12. The quantitative estimate of drug-likeness (QED) is 0.662. The highest BCUT2D eigenvalue weighted by Gasteiger charge is 2.35. The Bertz CT molecular complexity index is 434. The number of hydrogen-bond donors (Lipinski definition) is 1. The number of ether oxygens (including phenoxy) is 2. The molecule has 0 aliphatic carbocycles. The molecule has 0 aromatic heterocycles. The number of aromatic hydroxyl groups is 1. The highest BCUT2D eigenvalue weighted by molar-refractivity contribution is 5.96. The Balaban J connectivity index is 2.60. The minimum absolute atomic E-state index is 0.0972. The van der Waals surface area contributed by atoms with Gasteiger partial charge in [-0.3, -0.25) is 0 Å². The molecule has 1 N–H and O–H groups in total. The highest BCUT2D eigenvalue weighted by atomic mass is 16.7. The number of aryl methyl sites for hydroxylation is 1. The van der Waals surface area contributed by atoms with Gasteiger partial charge in [0.25, 0.3) is 0 Å². The van der Waals surface area contributed by atoms with Gasteiger partial charge >= 0.3 is 5.97 Å². The van der Waals surface area contributed by atoms with Gasteiger partial charge < -0.3 is 14.6 Å². The summed E-state index contributed by atoms with van der Waals surface area (Å²) >= 11 is 0. The van der Waals surface area contributed by atoms with E-state index in [1.165, 1.54) is 6.07 Å². The fourth-order valence-corrected chi connectivity index (χ4v) is 1.58. The molecule has 15 heavy (non-hydrogen) atoms. The molecule has 4 heteroatoms. The maximum absolute atomic E-state index is 11.6. The molecule has 0 amide bonds. The van der Waals surface area contributed by atoms with Gasteiger partial charge in [0.1, 0.15) is 17.1 Å². The van der Waals surface area contributed by atoms with Gasteiger partial charge in [0.15, 0.2) is 0 Å². The SMILES string of the molecule is Cc1cc(O)c2c(c1)OC(C)(C)OC2=O. The summed E-state index contributed by atoms with van der Waals surface area (Å²) in [5, 5.41) is 9.60. The largest absolute Gasteiger partial charge is 0.507 e. The number of esters is 1. The number of fused-ring (bicyclic) bond motifs is 1. The van der Waals surface area contributed by atoms with Crippen LogP contribution in [0.1, 0.15) is 29.8 Å². The normalized spacial score (nSPS) is 17.7. The monoisotopic (exact) mass is 208 g/mol. The van der Waals surface area contributed by atoms with Crippen LogP contribution in [0, 0.1) is 6.92 Å². The fraction of sp³-hybridized carbons (Fsp3) is 0.364. The van der Waals surface area contributed by atoms with Crippen LogP contribution in [0.5, 0.6) is 11.5 Å². The van der Waals surface area contributed by atoms with Crippen molar-refractivity contribution < 1.29 is 19.4 Å². The third-order valence-corrected chi connectivity index (χ3v) is 2.12. The lowest BCUT2D eigenvalue weighted by atomic mass is 10.1. The molecule has 1 aliphatic rings. The molecule has 0 fully saturated rings. The van der Waals surface area contributed by atoms with Crippen molar-refractivity contribution in [1.82, 2.24) is 0 Å². The summed E-state index contributed by atoms with van der Waals surface area (Å²) in [6, 6.07) is 3.21. The summed E-state index contributed by atoms with van der Waals surface area (Å²) in [4.78, 5) is 11.6. The Hall–Kier alpha value is -1.71. The number of benzene rings is 1. The molecule has 0 atom stereocenters. The number of phenolic OH excluding ortho intramolecular Hbond substituents is 1. The lowest BCUT2D eigenvalue weighted by Crippen LogP contribution is -2.38. The second-order valence-electron chi connectivity index (χ2n) is 4.05. The number of hydrogen-bond acceptors (Lipinski definition) is 4. The smallest absolute Gasteiger partial charge is 0.349 e. The Labute approximate surface area is 87.4 Å². The molecule has 80 valence electrons. The lowest BCUT2D eigenvalue weighted by molar-refractivity contribution is -0.127. The third kappa shape index (κ3) is 1.63. The zero-order valence-electron chi connectivity index (χ0n) is 8.83. The van der Waals surface area contributed by atoms with E-state index in [4.69, 9.17) is 9.47 Å². The molecule has 2 rings (SSSR count). The Morgan fingerprint density at radius 1 is 1.27 bits per heavy atom. The first-order valence-electron chi connectivity index (χ1n) is 4.65. The van der Waals surface area contributed by atoms with Crippen molar-refractivity contribution in [3.8, 4) is 11.5 Å². The number of carbonyl (C=O) groups is 1. The van der Waals surface area contributed by atoms with E-state index < -0.39 is 11.8 Å². The molecule has 1 aliphatic heterocycles. The zero-order chi connectivity index (χ0) is 11.2. The summed E-state index contributed by atoms with van der Waals surface area (Å²) < 4.78 is 10.4. The van der Waals surface area contributed by atoms with Gasteiger partial charge in [-0.1, -0.05) is 0 Å². The second kappa shape index (κ2) is 2.89. The average Bonchev–Trinajstić information content (AvgIpc) is 1.97. The number of cyclic esters (lactones) is 1. The molecular formula is C11H12O4. The zero-order valence-corrected chi connectivity index (χ0v) is 8.83. The van der Waals surface area contributed by atoms with Crippen LogP contribution in [-0.4, -0.2) is 16.9 Å². The fourth-order valence-electron chi connectivity index (χ4n) is 1.58. The minimum atomic E-state index is -0.982. The van der Waals surface area contributed by atoms with Crippen molar-refractivity contribution in [2.24, 2.45) is 0 Å². The predicted molar refractivity (Wildman–Crippen MR) is 53.0 cm³/mol. The van der Waals surface area contributed by atoms with Crippen LogP contribution in [0.15, 0.2) is 12.1 Å². The molecule has 1 aromatic rings. The summed E-state index contributed by atoms with van der Waals surface area (Å²) in [6.45, 7) is 5.11. The van der Waals surface area contributed by atoms with E-state index >= 15 is 0 Å². The second-order valence-corrected chi connectivity index (χ2v) is 4.05. The molecule has 4 nitrogen and oxygen atoms in total. The molecule has 0 spiro atoms. The van der Waals surface area contributed by atoms with Gasteiger partial charge in [-0.25, -0.2) is 4.79 Å². The topological polar surface area (TPSA) is 55.8 Å². The van der Waals surface area contributed by atoms with Crippen molar-refractivity contribution in [1.29, 1.82) is 0 Å². The predicted octanol–water partition coefficient (Wildman–Crippen LogP) is 1.99. The summed E-state index contributed by atoms with van der Waals surface area (Å²) in [5.74, 6) is -1.28. The lowest BCUT2D eigenvalue weighted by Gasteiger charge is -2.31. The Morgan fingerprint density at radius 3 is 2.60 bits per heavy atom.